The predicted molar refractivity (Wildman–Crippen MR) is 107 cm³/mol. The number of urea groups is 1. The van der Waals surface area contributed by atoms with E-state index in [1.807, 2.05) is 0 Å². The molecule has 3 rings (SSSR count). The van der Waals surface area contributed by atoms with Gasteiger partial charge < -0.3 is 25.4 Å². The van der Waals surface area contributed by atoms with Crippen molar-refractivity contribution in [3.05, 3.63) is 64.3 Å². The van der Waals surface area contributed by atoms with Crippen LogP contribution in [0.4, 0.5) is 10.5 Å². The van der Waals surface area contributed by atoms with Gasteiger partial charge in [0.25, 0.3) is 5.91 Å². The fourth-order valence-corrected chi connectivity index (χ4v) is 3.22. The Morgan fingerprint density at radius 3 is 2.61 bits per heavy atom. The average molecular weight is 402 g/mol. The fourth-order valence-electron chi connectivity index (χ4n) is 3.02. The maximum atomic E-state index is 13.1. The molecule has 1 atom stereocenters. The first-order chi connectivity index (χ1) is 13.4. The van der Waals surface area contributed by atoms with Gasteiger partial charge in [-0.15, -0.1) is 0 Å². The summed E-state index contributed by atoms with van der Waals surface area (Å²) in [5.74, 6) is 0.685. The number of benzene rings is 2. The minimum atomic E-state index is -0.642. The molecule has 8 heteroatoms. The zero-order chi connectivity index (χ0) is 20.3. The third kappa shape index (κ3) is 4.04. The fraction of sp³-hybridized carbons (Fsp3) is 0.200. The van der Waals surface area contributed by atoms with Crippen LogP contribution in [0.2, 0.25) is 5.02 Å². The Morgan fingerprint density at radius 1 is 1.14 bits per heavy atom. The molecule has 3 N–H and O–H groups in total. The smallest absolute Gasteiger partial charge is 0.319 e. The lowest BCUT2D eigenvalue weighted by atomic mass is 9.95. The molecule has 2 aromatic carbocycles. The van der Waals surface area contributed by atoms with Gasteiger partial charge in [0.1, 0.15) is 11.5 Å². The normalized spacial score (nSPS) is 16.1. The number of ether oxygens (including phenoxy) is 2. The summed E-state index contributed by atoms with van der Waals surface area (Å²) in [5.41, 5.74) is 2.02. The van der Waals surface area contributed by atoms with Crippen LogP contribution in [0.3, 0.4) is 0 Å². The topological polar surface area (TPSA) is 88.7 Å². The van der Waals surface area contributed by atoms with Crippen molar-refractivity contribution in [2.75, 3.05) is 19.5 Å². The van der Waals surface area contributed by atoms with Gasteiger partial charge in [0, 0.05) is 16.8 Å². The maximum absolute atomic E-state index is 13.1. The molecule has 2 aromatic rings. The number of carbonyl (C=O) groups excluding carboxylic acids is 2. The van der Waals surface area contributed by atoms with Crippen LogP contribution >= 0.6 is 11.6 Å². The lowest BCUT2D eigenvalue weighted by Crippen LogP contribution is -2.46. The Bertz CT molecular complexity index is 958. The summed E-state index contributed by atoms with van der Waals surface area (Å²) < 4.78 is 10.5. The molecule has 1 aliphatic heterocycles. The SMILES string of the molecule is COc1ccc(NC(=O)C2=C(C)NC(=O)N[C@H]2c2cccc(Cl)c2)c(OC)c1. The van der Waals surface area contributed by atoms with Crippen LogP contribution in [0.1, 0.15) is 18.5 Å². The molecule has 1 heterocycles. The number of rotatable bonds is 5. The van der Waals surface area contributed by atoms with E-state index in [4.69, 9.17) is 21.1 Å². The first-order valence-corrected chi connectivity index (χ1v) is 8.88. The van der Waals surface area contributed by atoms with Gasteiger partial charge in [0.15, 0.2) is 0 Å². The number of halogens is 1. The third-order valence-corrected chi connectivity index (χ3v) is 4.59. The summed E-state index contributed by atoms with van der Waals surface area (Å²) in [6.07, 6.45) is 0. The number of methoxy groups -OCH3 is 2. The van der Waals surface area contributed by atoms with E-state index in [1.54, 1.807) is 56.5 Å². The van der Waals surface area contributed by atoms with Gasteiger partial charge in [-0.05, 0) is 36.8 Å². The number of carbonyl (C=O) groups is 2. The highest BCUT2D eigenvalue weighted by molar-refractivity contribution is 6.30. The van der Waals surface area contributed by atoms with Gasteiger partial charge in [-0.25, -0.2) is 4.79 Å². The zero-order valence-electron chi connectivity index (χ0n) is 15.6. The number of nitrogens with one attached hydrogen (secondary N) is 3. The summed E-state index contributed by atoms with van der Waals surface area (Å²) in [7, 11) is 3.05. The molecule has 0 radical (unpaired) electrons. The van der Waals surface area contributed by atoms with E-state index in [0.29, 0.717) is 39.0 Å². The highest BCUT2D eigenvalue weighted by Gasteiger charge is 2.31. The van der Waals surface area contributed by atoms with E-state index in [2.05, 4.69) is 16.0 Å². The number of hydrogen-bond donors (Lipinski definition) is 3. The molecule has 0 spiro atoms. The number of anilines is 1. The minimum absolute atomic E-state index is 0.375. The summed E-state index contributed by atoms with van der Waals surface area (Å²) in [6, 6.07) is 11.1. The van der Waals surface area contributed by atoms with Crippen molar-refractivity contribution in [3.63, 3.8) is 0 Å². The molecule has 146 valence electrons. The van der Waals surface area contributed by atoms with Crippen LogP contribution in [-0.4, -0.2) is 26.2 Å². The largest absolute Gasteiger partial charge is 0.497 e. The molecule has 7 nitrogen and oxygen atoms in total. The highest BCUT2D eigenvalue weighted by atomic mass is 35.5. The van der Waals surface area contributed by atoms with Crippen molar-refractivity contribution in [1.29, 1.82) is 0 Å². The first kappa shape index (κ1) is 19.6. The van der Waals surface area contributed by atoms with Crippen LogP contribution in [0.15, 0.2) is 53.7 Å². The molecule has 1 aliphatic rings. The van der Waals surface area contributed by atoms with Crippen LogP contribution in [0.25, 0.3) is 0 Å². The van der Waals surface area contributed by atoms with E-state index in [-0.39, 0.29) is 11.9 Å². The van der Waals surface area contributed by atoms with Gasteiger partial charge in [-0.2, -0.15) is 0 Å². The highest BCUT2D eigenvalue weighted by Crippen LogP contribution is 2.32. The summed E-state index contributed by atoms with van der Waals surface area (Å²) in [5, 5.41) is 8.77. The Balaban J connectivity index is 1.96. The molecule has 0 aromatic heterocycles. The molecule has 0 saturated heterocycles. The Labute approximate surface area is 167 Å². The molecule has 0 saturated carbocycles. The zero-order valence-corrected chi connectivity index (χ0v) is 16.4. The molecular weight excluding hydrogens is 382 g/mol. The van der Waals surface area contributed by atoms with Gasteiger partial charge in [-0.1, -0.05) is 23.7 Å². The summed E-state index contributed by atoms with van der Waals surface area (Å²) in [6.45, 7) is 1.68. The summed E-state index contributed by atoms with van der Waals surface area (Å²) >= 11 is 6.09. The average Bonchev–Trinajstić information content (AvgIpc) is 2.67. The van der Waals surface area contributed by atoms with Gasteiger partial charge in [0.05, 0.1) is 31.5 Å². The number of amides is 3. The molecule has 3 amide bonds. The van der Waals surface area contributed by atoms with Crippen molar-refractivity contribution in [2.45, 2.75) is 13.0 Å². The lowest BCUT2D eigenvalue weighted by Gasteiger charge is -2.29. The third-order valence-electron chi connectivity index (χ3n) is 4.35. The Kier molecular flexibility index (Phi) is 5.75. The van der Waals surface area contributed by atoms with Crippen LogP contribution in [0.5, 0.6) is 11.5 Å². The quantitative estimate of drug-likeness (QED) is 0.713. The van der Waals surface area contributed by atoms with E-state index in [9.17, 15) is 9.59 Å². The van der Waals surface area contributed by atoms with Crippen molar-refractivity contribution >= 4 is 29.2 Å². The monoisotopic (exact) mass is 401 g/mol. The predicted octanol–water partition coefficient (Wildman–Crippen LogP) is 3.62. The minimum Gasteiger partial charge on any atom is -0.497 e. The van der Waals surface area contributed by atoms with E-state index >= 15 is 0 Å². The van der Waals surface area contributed by atoms with Crippen molar-refractivity contribution < 1.29 is 19.1 Å². The van der Waals surface area contributed by atoms with Crippen LogP contribution in [0, 0.1) is 0 Å². The van der Waals surface area contributed by atoms with Gasteiger partial charge in [-0.3, -0.25) is 4.79 Å². The second kappa shape index (κ2) is 8.22. The lowest BCUT2D eigenvalue weighted by molar-refractivity contribution is -0.113. The van der Waals surface area contributed by atoms with E-state index in [0.717, 1.165) is 0 Å². The first-order valence-electron chi connectivity index (χ1n) is 8.50. The van der Waals surface area contributed by atoms with E-state index in [1.165, 1.54) is 7.11 Å². The molecule has 0 bridgehead atoms. The van der Waals surface area contributed by atoms with E-state index < -0.39 is 6.04 Å². The van der Waals surface area contributed by atoms with Crippen LogP contribution < -0.4 is 25.4 Å². The second-order valence-electron chi connectivity index (χ2n) is 6.15. The molecule has 0 aliphatic carbocycles. The number of hydrogen-bond acceptors (Lipinski definition) is 4. The van der Waals surface area contributed by atoms with Gasteiger partial charge in [0.2, 0.25) is 0 Å². The standard InChI is InChI=1S/C20H20ClN3O4/c1-11-17(18(24-20(26)22-11)12-5-4-6-13(21)9-12)19(25)23-15-8-7-14(27-2)10-16(15)28-3/h4-10,18H,1-3H3,(H,23,25)(H2,22,24,26)/t18-/m0/s1. The maximum Gasteiger partial charge on any atom is 0.319 e. The van der Waals surface area contributed by atoms with Crippen molar-refractivity contribution in [1.82, 2.24) is 10.6 Å². The Morgan fingerprint density at radius 2 is 1.93 bits per heavy atom. The van der Waals surface area contributed by atoms with Crippen molar-refractivity contribution in [2.24, 2.45) is 0 Å². The molecular formula is C20H20ClN3O4. The second-order valence-corrected chi connectivity index (χ2v) is 6.58. The molecule has 28 heavy (non-hydrogen) atoms. The van der Waals surface area contributed by atoms with Crippen LogP contribution in [-0.2, 0) is 4.79 Å². The van der Waals surface area contributed by atoms with Gasteiger partial charge >= 0.3 is 6.03 Å². The number of allylic oxidation sites excluding steroid dienone is 1. The summed E-state index contributed by atoms with van der Waals surface area (Å²) in [4.78, 5) is 25.1. The molecule has 0 unspecified atom stereocenters. The molecule has 0 fully saturated rings. The Hall–Kier alpha value is -3.19. The van der Waals surface area contributed by atoms with Crippen molar-refractivity contribution in [3.8, 4) is 11.5 Å².